The van der Waals surface area contributed by atoms with Crippen molar-refractivity contribution in [2.45, 2.75) is 32.4 Å². The summed E-state index contributed by atoms with van der Waals surface area (Å²) >= 11 is 0. The Labute approximate surface area is 117 Å². The molecule has 0 aliphatic heterocycles. The number of halogens is 1. The molecule has 6 heteroatoms. The molecule has 0 radical (unpaired) electrons. The second-order valence-corrected chi connectivity index (χ2v) is 4.69. The third-order valence-corrected chi connectivity index (χ3v) is 3.13. The number of benzene rings is 1. The Bertz CT molecular complexity index is 570. The zero-order valence-electron chi connectivity index (χ0n) is 11.7. The number of hydrogen-bond acceptors (Lipinski definition) is 4. The summed E-state index contributed by atoms with van der Waals surface area (Å²) in [7, 11) is 1.51. The molecule has 1 heterocycles. The summed E-state index contributed by atoms with van der Waals surface area (Å²) in [5.41, 5.74) is 7.24. The highest BCUT2D eigenvalue weighted by Gasteiger charge is 2.11. The Hall–Kier alpha value is -1.95. The first-order valence-corrected chi connectivity index (χ1v) is 6.62. The molecule has 2 aromatic rings. The Balaban J connectivity index is 2.10. The van der Waals surface area contributed by atoms with Gasteiger partial charge in [0.15, 0.2) is 0 Å². The van der Waals surface area contributed by atoms with Crippen molar-refractivity contribution in [2.24, 2.45) is 5.73 Å². The number of hydrogen-bond donors (Lipinski definition) is 1. The van der Waals surface area contributed by atoms with Gasteiger partial charge in [-0.15, -0.1) is 5.10 Å². The lowest BCUT2D eigenvalue weighted by Gasteiger charge is -2.06. The third kappa shape index (κ3) is 3.33. The summed E-state index contributed by atoms with van der Waals surface area (Å²) in [6.45, 7) is 2.39. The molecule has 0 bridgehead atoms. The maximum absolute atomic E-state index is 13.8. The zero-order chi connectivity index (χ0) is 14.5. The van der Waals surface area contributed by atoms with E-state index >= 15 is 0 Å². The molecule has 0 fully saturated rings. The van der Waals surface area contributed by atoms with Gasteiger partial charge >= 0.3 is 0 Å². The van der Waals surface area contributed by atoms with Crippen LogP contribution in [0.1, 0.15) is 37.1 Å². The minimum Gasteiger partial charge on any atom is -0.497 e. The zero-order valence-corrected chi connectivity index (χ0v) is 11.7. The normalized spacial score (nSPS) is 12.4. The topological polar surface area (TPSA) is 66.0 Å². The van der Waals surface area contributed by atoms with E-state index < -0.39 is 0 Å². The lowest BCUT2D eigenvalue weighted by atomic mass is 10.1. The predicted molar refractivity (Wildman–Crippen MR) is 73.9 cm³/mol. The van der Waals surface area contributed by atoms with Crippen LogP contribution in [0.3, 0.4) is 0 Å². The molecule has 0 saturated carbocycles. The van der Waals surface area contributed by atoms with E-state index in [0.29, 0.717) is 17.9 Å². The molecule has 0 saturated heterocycles. The van der Waals surface area contributed by atoms with Crippen LogP contribution >= 0.6 is 0 Å². The molecular weight excluding hydrogens is 259 g/mol. The summed E-state index contributed by atoms with van der Waals surface area (Å²) in [6, 6.07) is 4.64. The van der Waals surface area contributed by atoms with Crippen molar-refractivity contribution in [1.82, 2.24) is 15.0 Å². The van der Waals surface area contributed by atoms with E-state index in [1.54, 1.807) is 23.0 Å². The van der Waals surface area contributed by atoms with Gasteiger partial charge in [0.2, 0.25) is 0 Å². The number of nitrogens with two attached hydrogens (primary N) is 1. The van der Waals surface area contributed by atoms with Gasteiger partial charge in [-0.2, -0.15) is 0 Å². The second-order valence-electron chi connectivity index (χ2n) is 4.69. The largest absolute Gasteiger partial charge is 0.497 e. The van der Waals surface area contributed by atoms with Crippen molar-refractivity contribution >= 4 is 0 Å². The van der Waals surface area contributed by atoms with Crippen LogP contribution < -0.4 is 10.5 Å². The molecule has 5 nitrogen and oxygen atoms in total. The van der Waals surface area contributed by atoms with Gasteiger partial charge in [0, 0.05) is 11.6 Å². The summed E-state index contributed by atoms with van der Waals surface area (Å²) in [6.07, 6.45) is 3.61. The molecule has 2 N–H and O–H groups in total. The number of methoxy groups -OCH3 is 1. The summed E-state index contributed by atoms with van der Waals surface area (Å²) in [4.78, 5) is 0. The number of nitrogens with zero attached hydrogens (tertiary/aromatic N) is 3. The van der Waals surface area contributed by atoms with Crippen molar-refractivity contribution < 1.29 is 9.13 Å². The quantitative estimate of drug-likeness (QED) is 0.880. The van der Waals surface area contributed by atoms with Crippen LogP contribution in [0.5, 0.6) is 5.75 Å². The van der Waals surface area contributed by atoms with Crippen molar-refractivity contribution in [3.05, 3.63) is 41.5 Å². The molecule has 1 unspecified atom stereocenters. The fraction of sp³-hybridized carbons (Fsp3) is 0.429. The van der Waals surface area contributed by atoms with Gasteiger partial charge in [-0.05, 0) is 12.5 Å². The van der Waals surface area contributed by atoms with Crippen LogP contribution in [0.15, 0.2) is 24.4 Å². The monoisotopic (exact) mass is 278 g/mol. The van der Waals surface area contributed by atoms with Gasteiger partial charge in [-0.1, -0.05) is 24.6 Å². The Morgan fingerprint density at radius 1 is 1.45 bits per heavy atom. The molecule has 1 atom stereocenters. The minimum atomic E-state index is -0.320. The van der Waals surface area contributed by atoms with E-state index in [1.807, 2.05) is 0 Å². The second kappa shape index (κ2) is 6.47. The Kier molecular flexibility index (Phi) is 4.68. The molecule has 1 aromatic carbocycles. The average molecular weight is 278 g/mol. The molecule has 2 rings (SSSR count). The highest BCUT2D eigenvalue weighted by atomic mass is 19.1. The SMILES string of the molecule is CCCC(N)c1cn(Cc2ccc(OC)cc2F)nn1. The van der Waals surface area contributed by atoms with Gasteiger partial charge in [0.05, 0.1) is 31.6 Å². The van der Waals surface area contributed by atoms with Gasteiger partial charge in [-0.25, -0.2) is 9.07 Å². The molecule has 20 heavy (non-hydrogen) atoms. The van der Waals surface area contributed by atoms with E-state index in [0.717, 1.165) is 18.5 Å². The fourth-order valence-electron chi connectivity index (χ4n) is 1.98. The highest BCUT2D eigenvalue weighted by Crippen LogP contribution is 2.18. The summed E-state index contributed by atoms with van der Waals surface area (Å²) in [5.74, 6) is 0.176. The molecule has 0 spiro atoms. The predicted octanol–water partition coefficient (Wildman–Crippen LogP) is 2.27. The number of aromatic nitrogens is 3. The van der Waals surface area contributed by atoms with Crippen LogP contribution in [0.4, 0.5) is 4.39 Å². The number of ether oxygens (including phenoxy) is 1. The van der Waals surface area contributed by atoms with E-state index in [4.69, 9.17) is 10.5 Å². The van der Waals surface area contributed by atoms with Crippen LogP contribution in [0.2, 0.25) is 0 Å². The fourth-order valence-corrected chi connectivity index (χ4v) is 1.98. The van der Waals surface area contributed by atoms with Gasteiger partial charge in [0.1, 0.15) is 11.6 Å². The van der Waals surface area contributed by atoms with Crippen molar-refractivity contribution in [3.63, 3.8) is 0 Å². The lowest BCUT2D eigenvalue weighted by Crippen LogP contribution is -2.10. The average Bonchev–Trinajstić information content (AvgIpc) is 2.90. The van der Waals surface area contributed by atoms with E-state index in [9.17, 15) is 4.39 Å². The number of rotatable bonds is 6. The van der Waals surface area contributed by atoms with Crippen LogP contribution in [-0.4, -0.2) is 22.1 Å². The third-order valence-electron chi connectivity index (χ3n) is 3.13. The minimum absolute atomic E-state index is 0.116. The van der Waals surface area contributed by atoms with Crippen LogP contribution in [0, 0.1) is 5.82 Å². The van der Waals surface area contributed by atoms with Gasteiger partial charge in [-0.3, -0.25) is 0 Å². The first kappa shape index (κ1) is 14.5. The van der Waals surface area contributed by atoms with Crippen molar-refractivity contribution in [3.8, 4) is 5.75 Å². The van der Waals surface area contributed by atoms with Crippen molar-refractivity contribution in [2.75, 3.05) is 7.11 Å². The molecule has 1 aromatic heterocycles. The summed E-state index contributed by atoms with van der Waals surface area (Å²) in [5, 5.41) is 8.02. The van der Waals surface area contributed by atoms with E-state index in [1.165, 1.54) is 13.2 Å². The molecular formula is C14H19FN4O. The molecule has 108 valence electrons. The molecule has 0 aliphatic rings. The lowest BCUT2D eigenvalue weighted by molar-refractivity contribution is 0.410. The van der Waals surface area contributed by atoms with Crippen molar-refractivity contribution in [1.29, 1.82) is 0 Å². The summed E-state index contributed by atoms with van der Waals surface area (Å²) < 4.78 is 20.4. The smallest absolute Gasteiger partial charge is 0.131 e. The standard InChI is InChI=1S/C14H19FN4O/c1-3-4-13(16)14-9-19(18-17-14)8-10-5-6-11(20-2)7-12(10)15/h5-7,9,13H,3-4,8,16H2,1-2H3. The van der Waals surface area contributed by atoms with Gasteiger partial charge < -0.3 is 10.5 Å². The first-order chi connectivity index (χ1) is 9.63. The highest BCUT2D eigenvalue weighted by molar-refractivity contribution is 5.29. The first-order valence-electron chi connectivity index (χ1n) is 6.62. The molecule has 0 aliphatic carbocycles. The Morgan fingerprint density at radius 2 is 2.25 bits per heavy atom. The maximum atomic E-state index is 13.8. The molecule has 0 amide bonds. The van der Waals surface area contributed by atoms with E-state index in [-0.39, 0.29) is 11.9 Å². The van der Waals surface area contributed by atoms with Gasteiger partial charge in [0.25, 0.3) is 0 Å². The maximum Gasteiger partial charge on any atom is 0.131 e. The Morgan fingerprint density at radius 3 is 2.90 bits per heavy atom. The van der Waals surface area contributed by atoms with E-state index in [2.05, 4.69) is 17.2 Å². The van der Waals surface area contributed by atoms with Crippen LogP contribution in [0.25, 0.3) is 0 Å². The van der Waals surface area contributed by atoms with Crippen LogP contribution in [-0.2, 0) is 6.54 Å².